The minimum absolute atomic E-state index is 0.0778. The smallest absolute Gasteiger partial charge is 0.266 e. The summed E-state index contributed by atoms with van der Waals surface area (Å²) in [5.41, 5.74) is 1.77. The summed E-state index contributed by atoms with van der Waals surface area (Å²) >= 11 is 7.35. The molecule has 0 aliphatic rings. The van der Waals surface area contributed by atoms with E-state index in [2.05, 4.69) is 5.32 Å². The van der Waals surface area contributed by atoms with Gasteiger partial charge in [-0.05, 0) is 48.2 Å². The van der Waals surface area contributed by atoms with E-state index in [0.717, 1.165) is 26.2 Å². The van der Waals surface area contributed by atoms with Gasteiger partial charge in [0.25, 0.3) is 5.91 Å². The number of carbonyl (C=O) groups is 1. The Balaban J connectivity index is 1.92. The maximum atomic E-state index is 12.4. The minimum Gasteiger partial charge on any atom is -0.321 e. The molecule has 0 aliphatic carbocycles. The highest BCUT2D eigenvalue weighted by Gasteiger charge is 2.15. The molecule has 0 bridgehead atoms. The molecule has 0 saturated heterocycles. The molecule has 20 heavy (non-hydrogen) atoms. The molecule has 2 aromatic carbocycles. The summed E-state index contributed by atoms with van der Waals surface area (Å²) in [4.78, 5) is 13.1. The molecule has 3 rings (SSSR count). The van der Waals surface area contributed by atoms with Gasteiger partial charge in [-0.3, -0.25) is 4.79 Å². The minimum atomic E-state index is -0.0778. The van der Waals surface area contributed by atoms with E-state index in [1.165, 1.54) is 11.3 Å². The molecule has 4 heteroatoms. The lowest BCUT2D eigenvalue weighted by atomic mass is 10.1. The lowest BCUT2D eigenvalue weighted by molar-refractivity contribution is 0.103. The molecule has 0 saturated carbocycles. The second kappa shape index (κ2) is 5.27. The van der Waals surface area contributed by atoms with E-state index in [0.29, 0.717) is 5.02 Å². The van der Waals surface area contributed by atoms with Gasteiger partial charge in [0, 0.05) is 15.4 Å². The van der Waals surface area contributed by atoms with Crippen LogP contribution in [-0.4, -0.2) is 5.91 Å². The summed E-state index contributed by atoms with van der Waals surface area (Å²) in [5.74, 6) is -0.0778. The molecule has 1 heterocycles. The quantitative estimate of drug-likeness (QED) is 0.699. The normalized spacial score (nSPS) is 10.7. The van der Waals surface area contributed by atoms with Gasteiger partial charge in [0.15, 0.2) is 0 Å². The van der Waals surface area contributed by atoms with E-state index in [4.69, 9.17) is 11.6 Å². The lowest BCUT2D eigenvalue weighted by Gasteiger charge is -2.04. The van der Waals surface area contributed by atoms with E-state index >= 15 is 0 Å². The zero-order valence-corrected chi connectivity index (χ0v) is 12.4. The first kappa shape index (κ1) is 13.2. The fourth-order valence-corrected chi connectivity index (χ4v) is 3.34. The molecule has 100 valence electrons. The zero-order chi connectivity index (χ0) is 14.1. The fourth-order valence-electron chi connectivity index (χ4n) is 2.11. The SMILES string of the molecule is Cc1c(C(=O)Nc2ccc(Cl)cc2)sc2ccccc12. The van der Waals surface area contributed by atoms with Crippen molar-refractivity contribution in [2.24, 2.45) is 0 Å². The molecule has 1 aromatic heterocycles. The van der Waals surface area contributed by atoms with Crippen LogP contribution >= 0.6 is 22.9 Å². The monoisotopic (exact) mass is 301 g/mol. The summed E-state index contributed by atoms with van der Waals surface area (Å²) in [5, 5.41) is 4.69. The first-order chi connectivity index (χ1) is 9.65. The number of hydrogen-bond acceptors (Lipinski definition) is 2. The Hall–Kier alpha value is -1.84. The van der Waals surface area contributed by atoms with Crippen molar-refractivity contribution < 1.29 is 4.79 Å². The first-order valence-electron chi connectivity index (χ1n) is 6.20. The highest BCUT2D eigenvalue weighted by Crippen LogP contribution is 2.31. The van der Waals surface area contributed by atoms with Crippen LogP contribution in [0, 0.1) is 6.92 Å². The molecule has 0 spiro atoms. The average Bonchev–Trinajstić information content (AvgIpc) is 2.79. The van der Waals surface area contributed by atoms with Crippen LogP contribution in [0.5, 0.6) is 0 Å². The third-order valence-electron chi connectivity index (χ3n) is 3.15. The van der Waals surface area contributed by atoms with E-state index in [-0.39, 0.29) is 5.91 Å². The van der Waals surface area contributed by atoms with E-state index in [1.54, 1.807) is 24.3 Å². The number of aryl methyl sites for hydroxylation is 1. The molecule has 0 radical (unpaired) electrons. The highest BCUT2D eigenvalue weighted by molar-refractivity contribution is 7.21. The number of amides is 1. The Bertz CT molecular complexity index is 777. The van der Waals surface area contributed by atoms with Gasteiger partial charge in [-0.2, -0.15) is 0 Å². The van der Waals surface area contributed by atoms with Gasteiger partial charge in [-0.1, -0.05) is 29.8 Å². The number of carbonyl (C=O) groups excluding carboxylic acids is 1. The summed E-state index contributed by atoms with van der Waals surface area (Å²) in [6.45, 7) is 1.98. The molecule has 1 amide bonds. The number of halogens is 1. The maximum Gasteiger partial charge on any atom is 0.266 e. The number of benzene rings is 2. The van der Waals surface area contributed by atoms with Gasteiger partial charge >= 0.3 is 0 Å². The number of nitrogens with one attached hydrogen (secondary N) is 1. The third-order valence-corrected chi connectivity index (χ3v) is 4.68. The predicted octanol–water partition coefficient (Wildman–Crippen LogP) is 5.12. The van der Waals surface area contributed by atoms with Crippen LogP contribution in [0.25, 0.3) is 10.1 Å². The van der Waals surface area contributed by atoms with Crippen LogP contribution in [0.15, 0.2) is 48.5 Å². The fraction of sp³-hybridized carbons (Fsp3) is 0.0625. The van der Waals surface area contributed by atoms with Crippen LogP contribution in [0.4, 0.5) is 5.69 Å². The van der Waals surface area contributed by atoms with E-state index in [1.807, 2.05) is 31.2 Å². The van der Waals surface area contributed by atoms with Crippen molar-refractivity contribution in [1.29, 1.82) is 0 Å². The van der Waals surface area contributed by atoms with Gasteiger partial charge < -0.3 is 5.32 Å². The lowest BCUT2D eigenvalue weighted by Crippen LogP contribution is -2.11. The summed E-state index contributed by atoms with van der Waals surface area (Å²) < 4.78 is 1.13. The maximum absolute atomic E-state index is 12.4. The number of anilines is 1. The van der Waals surface area contributed by atoms with Crippen molar-refractivity contribution in [2.75, 3.05) is 5.32 Å². The molecule has 0 unspecified atom stereocenters. The van der Waals surface area contributed by atoms with Crippen LogP contribution in [0.1, 0.15) is 15.2 Å². The number of rotatable bonds is 2. The van der Waals surface area contributed by atoms with Crippen molar-refractivity contribution in [3.63, 3.8) is 0 Å². The van der Waals surface area contributed by atoms with Gasteiger partial charge in [-0.25, -0.2) is 0 Å². The molecule has 0 aliphatic heterocycles. The van der Waals surface area contributed by atoms with Crippen molar-refractivity contribution in [3.8, 4) is 0 Å². The predicted molar refractivity (Wildman–Crippen MR) is 86.0 cm³/mol. The Kier molecular flexibility index (Phi) is 3.47. The molecule has 1 N–H and O–H groups in total. The number of hydrogen-bond donors (Lipinski definition) is 1. The molecular formula is C16H12ClNOS. The van der Waals surface area contributed by atoms with Crippen molar-refractivity contribution >= 4 is 44.6 Å². The molecule has 3 aromatic rings. The molecule has 0 atom stereocenters. The Morgan fingerprint density at radius 2 is 1.80 bits per heavy atom. The summed E-state index contributed by atoms with van der Waals surface area (Å²) in [7, 11) is 0. The Labute approximate surface area is 126 Å². The van der Waals surface area contributed by atoms with Crippen LogP contribution in [-0.2, 0) is 0 Å². The first-order valence-corrected chi connectivity index (χ1v) is 7.39. The Morgan fingerprint density at radius 3 is 2.50 bits per heavy atom. The topological polar surface area (TPSA) is 29.1 Å². The molecular weight excluding hydrogens is 290 g/mol. The summed E-state index contributed by atoms with van der Waals surface area (Å²) in [6.07, 6.45) is 0. The second-order valence-electron chi connectivity index (χ2n) is 4.51. The van der Waals surface area contributed by atoms with E-state index < -0.39 is 0 Å². The average molecular weight is 302 g/mol. The largest absolute Gasteiger partial charge is 0.321 e. The third kappa shape index (κ3) is 2.42. The van der Waals surface area contributed by atoms with Crippen molar-refractivity contribution in [1.82, 2.24) is 0 Å². The van der Waals surface area contributed by atoms with Gasteiger partial charge in [0.2, 0.25) is 0 Å². The molecule has 0 fully saturated rings. The van der Waals surface area contributed by atoms with Gasteiger partial charge in [-0.15, -0.1) is 11.3 Å². The number of fused-ring (bicyclic) bond motifs is 1. The molecule has 2 nitrogen and oxygen atoms in total. The van der Waals surface area contributed by atoms with E-state index in [9.17, 15) is 4.79 Å². The second-order valence-corrected chi connectivity index (χ2v) is 6.00. The number of thiophene rings is 1. The summed E-state index contributed by atoms with van der Waals surface area (Å²) in [6, 6.07) is 15.2. The van der Waals surface area contributed by atoms with Gasteiger partial charge in [0.1, 0.15) is 0 Å². The zero-order valence-electron chi connectivity index (χ0n) is 10.8. The standard InChI is InChI=1S/C16H12ClNOS/c1-10-13-4-2-3-5-14(13)20-15(10)16(19)18-12-8-6-11(17)7-9-12/h2-9H,1H3,(H,18,19). The highest BCUT2D eigenvalue weighted by atomic mass is 35.5. The van der Waals surface area contributed by atoms with Crippen LogP contribution in [0.3, 0.4) is 0 Å². The van der Waals surface area contributed by atoms with Crippen molar-refractivity contribution in [2.45, 2.75) is 6.92 Å². The van der Waals surface area contributed by atoms with Crippen LogP contribution in [0.2, 0.25) is 5.02 Å². The van der Waals surface area contributed by atoms with Crippen molar-refractivity contribution in [3.05, 3.63) is 64.0 Å². The van der Waals surface area contributed by atoms with Crippen LogP contribution < -0.4 is 5.32 Å². The van der Waals surface area contributed by atoms with Gasteiger partial charge in [0.05, 0.1) is 4.88 Å². The Morgan fingerprint density at radius 1 is 1.10 bits per heavy atom.